The molecule has 216 valence electrons. The molecular weight excluding hydrogens is 548 g/mol. The summed E-state index contributed by atoms with van der Waals surface area (Å²) in [5.41, 5.74) is 1.24. The molecule has 1 aromatic carbocycles. The minimum atomic E-state index is -3.56. The average molecular weight is 581 g/mol. The summed E-state index contributed by atoms with van der Waals surface area (Å²) in [6, 6.07) is 7.06. The molecule has 2 aliphatic heterocycles. The monoisotopic (exact) mass is 580 g/mol. The predicted molar refractivity (Wildman–Crippen MR) is 150 cm³/mol. The van der Waals surface area contributed by atoms with Gasteiger partial charge < -0.3 is 19.5 Å². The lowest BCUT2D eigenvalue weighted by atomic mass is 9.73. The van der Waals surface area contributed by atoms with Gasteiger partial charge in [-0.1, -0.05) is 6.07 Å². The number of ether oxygens (including phenoxy) is 3. The Labute approximate surface area is 238 Å². The van der Waals surface area contributed by atoms with E-state index < -0.39 is 20.7 Å². The highest BCUT2D eigenvalue weighted by atomic mass is 32.2. The van der Waals surface area contributed by atoms with Crippen LogP contribution in [0.25, 0.3) is 11.3 Å². The number of methoxy groups -OCH3 is 1. The third kappa shape index (κ3) is 5.55. The topological polar surface area (TPSA) is 155 Å². The Hall–Kier alpha value is -3.84. The number of amides is 1. The molecule has 4 heterocycles. The summed E-state index contributed by atoms with van der Waals surface area (Å²) in [5, 5.41) is 2.64. The van der Waals surface area contributed by atoms with Crippen molar-refractivity contribution >= 4 is 27.6 Å². The van der Waals surface area contributed by atoms with Crippen molar-refractivity contribution in [1.29, 1.82) is 0 Å². The van der Waals surface area contributed by atoms with Crippen molar-refractivity contribution in [3.8, 4) is 22.9 Å². The molecule has 3 atom stereocenters. The standard InChI is InChI=1S/C28H32N6O6S/c1-3-39-25-16-29-15-22(31-25)17-4-9-21(23(12-17)38-2)32-26(35)28(13-18-5-6-19(14-28)40-18)24-10-11-30-27(33-24)34-41(36,37)20-7-8-20/h4,9-12,15-16,18-20H,3,5-8,13-14H2,1-2H3,(H,32,35)(H,30,33,34)/t18-,19+,28?. The van der Waals surface area contributed by atoms with Gasteiger partial charge in [-0.15, -0.1) is 0 Å². The molecule has 0 radical (unpaired) electrons. The molecule has 3 fully saturated rings. The number of carbonyl (C=O) groups is 1. The van der Waals surface area contributed by atoms with Gasteiger partial charge >= 0.3 is 0 Å². The number of aromatic nitrogens is 4. The summed E-state index contributed by atoms with van der Waals surface area (Å²) in [6.07, 6.45) is 8.26. The molecule has 2 saturated heterocycles. The Morgan fingerprint density at radius 2 is 1.88 bits per heavy atom. The smallest absolute Gasteiger partial charge is 0.237 e. The van der Waals surface area contributed by atoms with Crippen LogP contribution in [-0.2, 0) is 25.0 Å². The number of hydrogen-bond donors (Lipinski definition) is 2. The predicted octanol–water partition coefficient (Wildman–Crippen LogP) is 3.46. The van der Waals surface area contributed by atoms with Crippen LogP contribution in [0.2, 0.25) is 0 Å². The van der Waals surface area contributed by atoms with Crippen LogP contribution in [0.5, 0.6) is 11.6 Å². The van der Waals surface area contributed by atoms with Gasteiger partial charge in [-0.3, -0.25) is 14.5 Å². The lowest BCUT2D eigenvalue weighted by Crippen LogP contribution is -2.48. The number of carbonyl (C=O) groups excluding carboxylic acids is 1. The fourth-order valence-electron chi connectivity index (χ4n) is 5.62. The van der Waals surface area contributed by atoms with E-state index in [0.717, 1.165) is 18.4 Å². The maximum Gasteiger partial charge on any atom is 0.237 e. The van der Waals surface area contributed by atoms with Gasteiger partial charge in [-0.05, 0) is 63.6 Å². The maximum absolute atomic E-state index is 14.2. The number of hydrogen-bond acceptors (Lipinski definition) is 10. The molecule has 0 spiro atoms. The molecule has 1 unspecified atom stereocenters. The summed E-state index contributed by atoms with van der Waals surface area (Å²) >= 11 is 0. The van der Waals surface area contributed by atoms with Crippen LogP contribution >= 0.6 is 0 Å². The first kappa shape index (κ1) is 27.3. The first-order chi connectivity index (χ1) is 19.8. The molecule has 41 heavy (non-hydrogen) atoms. The Bertz CT molecular complexity index is 1550. The van der Waals surface area contributed by atoms with E-state index in [1.165, 1.54) is 13.3 Å². The Morgan fingerprint density at radius 3 is 2.59 bits per heavy atom. The van der Waals surface area contributed by atoms with Crippen molar-refractivity contribution < 1.29 is 27.4 Å². The largest absolute Gasteiger partial charge is 0.495 e. The van der Waals surface area contributed by atoms with Crippen LogP contribution in [-0.4, -0.2) is 65.4 Å². The minimum Gasteiger partial charge on any atom is -0.495 e. The van der Waals surface area contributed by atoms with E-state index in [1.54, 1.807) is 30.6 Å². The van der Waals surface area contributed by atoms with Crippen LogP contribution in [0.3, 0.4) is 0 Å². The highest BCUT2D eigenvalue weighted by molar-refractivity contribution is 7.93. The normalized spacial score (nSPS) is 23.6. The second-order valence-corrected chi connectivity index (χ2v) is 12.6. The third-order valence-corrected chi connectivity index (χ3v) is 9.59. The van der Waals surface area contributed by atoms with Gasteiger partial charge in [-0.25, -0.2) is 23.4 Å². The number of sulfonamides is 1. The van der Waals surface area contributed by atoms with Gasteiger partial charge in [0.1, 0.15) is 5.75 Å². The zero-order chi connectivity index (χ0) is 28.6. The van der Waals surface area contributed by atoms with E-state index in [4.69, 9.17) is 14.2 Å². The van der Waals surface area contributed by atoms with Gasteiger partial charge in [0.15, 0.2) is 0 Å². The highest BCUT2D eigenvalue weighted by Gasteiger charge is 2.52. The van der Waals surface area contributed by atoms with Crippen molar-refractivity contribution in [3.05, 3.63) is 48.5 Å². The number of anilines is 2. The second kappa shape index (κ2) is 10.9. The van der Waals surface area contributed by atoms with Crippen molar-refractivity contribution in [3.63, 3.8) is 0 Å². The minimum absolute atomic E-state index is 0.0299. The Morgan fingerprint density at radius 1 is 1.10 bits per heavy atom. The summed E-state index contributed by atoms with van der Waals surface area (Å²) in [5.74, 6) is 0.570. The molecule has 3 aromatic rings. The van der Waals surface area contributed by atoms with Gasteiger partial charge in [-0.2, -0.15) is 0 Å². The highest BCUT2D eigenvalue weighted by Crippen LogP contribution is 2.46. The quantitative estimate of drug-likeness (QED) is 0.364. The van der Waals surface area contributed by atoms with Crippen molar-refractivity contribution in [2.45, 2.75) is 68.3 Å². The molecule has 1 aliphatic carbocycles. The number of benzene rings is 1. The first-order valence-corrected chi connectivity index (χ1v) is 15.3. The van der Waals surface area contributed by atoms with Crippen LogP contribution < -0.4 is 19.5 Å². The van der Waals surface area contributed by atoms with E-state index in [1.807, 2.05) is 13.0 Å². The van der Waals surface area contributed by atoms with Crippen LogP contribution in [0.15, 0.2) is 42.9 Å². The van der Waals surface area contributed by atoms with Crippen LogP contribution in [0, 0.1) is 0 Å². The van der Waals surface area contributed by atoms with E-state index in [-0.39, 0.29) is 24.1 Å². The van der Waals surface area contributed by atoms with Crippen molar-refractivity contribution in [2.24, 2.45) is 0 Å². The van der Waals surface area contributed by atoms with Gasteiger partial charge in [0, 0.05) is 11.8 Å². The third-order valence-electron chi connectivity index (χ3n) is 7.78. The van der Waals surface area contributed by atoms with E-state index in [2.05, 4.69) is 30.0 Å². The van der Waals surface area contributed by atoms with Crippen LogP contribution in [0.4, 0.5) is 11.6 Å². The summed E-state index contributed by atoms with van der Waals surface area (Å²) in [7, 11) is -2.03. The van der Waals surface area contributed by atoms with E-state index in [9.17, 15) is 13.2 Å². The van der Waals surface area contributed by atoms with Gasteiger partial charge in [0.25, 0.3) is 0 Å². The van der Waals surface area contributed by atoms with E-state index in [0.29, 0.717) is 61.0 Å². The Balaban J connectivity index is 1.31. The number of rotatable bonds is 10. The average Bonchev–Trinajstić information content (AvgIpc) is 3.78. The molecular formula is C28H32N6O6S. The van der Waals surface area contributed by atoms with Crippen molar-refractivity contribution in [1.82, 2.24) is 19.9 Å². The SMILES string of the molecule is CCOc1cncc(-c2ccc(NC(=O)C3(c4ccnc(NS(=O)(=O)C5CC5)n4)C[C@H]4CC[C@@H](C3)O4)c(OC)c2)n1. The molecule has 13 heteroatoms. The summed E-state index contributed by atoms with van der Waals surface area (Å²) in [4.78, 5) is 31.6. The Kier molecular flexibility index (Phi) is 7.24. The number of nitrogens with one attached hydrogen (secondary N) is 2. The fourth-order valence-corrected chi connectivity index (χ4v) is 6.89. The molecule has 3 aliphatic rings. The van der Waals surface area contributed by atoms with Crippen LogP contribution in [0.1, 0.15) is 51.1 Å². The number of fused-ring (bicyclic) bond motifs is 2. The lowest BCUT2D eigenvalue weighted by Gasteiger charge is -2.39. The first-order valence-electron chi connectivity index (χ1n) is 13.7. The molecule has 1 saturated carbocycles. The zero-order valence-electron chi connectivity index (χ0n) is 22.9. The molecule has 1 amide bonds. The summed E-state index contributed by atoms with van der Waals surface area (Å²) in [6.45, 7) is 2.35. The molecule has 2 aromatic heterocycles. The zero-order valence-corrected chi connectivity index (χ0v) is 23.7. The van der Waals surface area contributed by atoms with E-state index >= 15 is 0 Å². The van der Waals surface area contributed by atoms with Crippen molar-refractivity contribution in [2.75, 3.05) is 23.8 Å². The van der Waals surface area contributed by atoms with Gasteiger partial charge in [0.2, 0.25) is 27.8 Å². The second-order valence-electron chi connectivity index (χ2n) is 10.6. The molecule has 12 nitrogen and oxygen atoms in total. The maximum atomic E-state index is 14.2. The molecule has 2 N–H and O–H groups in total. The lowest BCUT2D eigenvalue weighted by molar-refractivity contribution is -0.129. The fraction of sp³-hybridized carbons (Fsp3) is 0.464. The summed E-state index contributed by atoms with van der Waals surface area (Å²) < 4.78 is 44.8. The number of nitrogens with zero attached hydrogens (tertiary/aromatic N) is 4. The molecule has 6 rings (SSSR count). The molecule has 2 bridgehead atoms. The van der Waals surface area contributed by atoms with Gasteiger partial charge in [0.05, 0.1) is 66.1 Å².